The van der Waals surface area contributed by atoms with E-state index in [9.17, 15) is 28.8 Å². The van der Waals surface area contributed by atoms with Crippen LogP contribution >= 0.6 is 0 Å². The van der Waals surface area contributed by atoms with E-state index >= 15 is 0 Å². The molecule has 0 saturated carbocycles. The summed E-state index contributed by atoms with van der Waals surface area (Å²) in [5.74, 6) is -4.09. The number of nitrogens with one attached hydrogen (secondary N) is 5. The van der Waals surface area contributed by atoms with Crippen LogP contribution in [0.1, 0.15) is 46.1 Å². The van der Waals surface area contributed by atoms with Crippen molar-refractivity contribution in [3.05, 3.63) is 35.9 Å². The fraction of sp³-hybridized carbons (Fsp3) is 0.571. The van der Waals surface area contributed by atoms with Crippen molar-refractivity contribution in [2.45, 2.75) is 83.3 Å². The molecule has 0 aromatic heterocycles. The first-order valence-electron chi connectivity index (χ1n) is 13.8. The molecule has 224 valence electrons. The summed E-state index contributed by atoms with van der Waals surface area (Å²) in [4.78, 5) is 80.5. The zero-order valence-corrected chi connectivity index (χ0v) is 24.1. The van der Waals surface area contributed by atoms with E-state index in [1.165, 1.54) is 25.9 Å². The third-order valence-electron chi connectivity index (χ3n) is 7.26. The van der Waals surface area contributed by atoms with Gasteiger partial charge in [-0.3, -0.25) is 34.1 Å². The lowest BCUT2D eigenvalue weighted by Crippen LogP contribution is -2.64. The van der Waals surface area contributed by atoms with Crippen LogP contribution in [0.25, 0.3) is 0 Å². The van der Waals surface area contributed by atoms with Gasteiger partial charge in [0.2, 0.25) is 23.6 Å². The first-order chi connectivity index (χ1) is 19.4. The molecule has 2 aliphatic heterocycles. The van der Waals surface area contributed by atoms with Crippen molar-refractivity contribution in [1.29, 1.82) is 0 Å². The number of methoxy groups -OCH3 is 1. The molecule has 0 aliphatic carbocycles. The molecule has 0 bridgehead atoms. The summed E-state index contributed by atoms with van der Waals surface area (Å²) in [5.41, 5.74) is 0.790. The number of nitrogens with zero attached hydrogens (tertiary/aromatic N) is 1. The van der Waals surface area contributed by atoms with E-state index in [-0.39, 0.29) is 18.9 Å². The Labute approximate surface area is 239 Å². The molecule has 1 aromatic carbocycles. The third-order valence-corrected chi connectivity index (χ3v) is 7.26. The minimum Gasteiger partial charge on any atom is -0.468 e. The molecule has 13 nitrogen and oxygen atoms in total. The Hall–Kier alpha value is -4.00. The summed E-state index contributed by atoms with van der Waals surface area (Å²) in [6.45, 7) is 6.63. The number of fused-ring (bicyclic) bond motifs is 1. The Morgan fingerprint density at radius 3 is 2.27 bits per heavy atom. The number of benzene rings is 1. The second kappa shape index (κ2) is 14.1. The van der Waals surface area contributed by atoms with Gasteiger partial charge in [-0.15, -0.1) is 0 Å². The highest BCUT2D eigenvalue weighted by Crippen LogP contribution is 2.19. The normalized spacial score (nSPS) is 27.0. The lowest BCUT2D eigenvalue weighted by Gasteiger charge is -2.32. The number of carbonyl (C=O) groups is 6. The SMILES string of the molecule is COC(=O)[C@@H](C)N[C@H]1NC(=O)[C@H](C(C)C)NC(=O)[C@@H](C)NC(=O)[C@H](Cc2ccccc2)NC(=O)[C@@H]2CCCN2C1=O. The van der Waals surface area contributed by atoms with Crippen molar-refractivity contribution in [3.8, 4) is 0 Å². The second-order valence-electron chi connectivity index (χ2n) is 10.8. The fourth-order valence-electron chi connectivity index (χ4n) is 4.89. The predicted octanol–water partition coefficient (Wildman–Crippen LogP) is -1.04. The summed E-state index contributed by atoms with van der Waals surface area (Å²) in [6.07, 6.45) is -0.377. The lowest BCUT2D eigenvalue weighted by atomic mass is 10.0. The van der Waals surface area contributed by atoms with Gasteiger partial charge in [0.05, 0.1) is 7.11 Å². The van der Waals surface area contributed by atoms with Crippen molar-refractivity contribution in [1.82, 2.24) is 31.5 Å². The van der Waals surface area contributed by atoms with Crippen molar-refractivity contribution in [2.75, 3.05) is 13.7 Å². The molecule has 3 rings (SSSR count). The molecule has 41 heavy (non-hydrogen) atoms. The highest BCUT2D eigenvalue weighted by atomic mass is 16.5. The minimum absolute atomic E-state index is 0.156. The van der Waals surface area contributed by atoms with Gasteiger partial charge in [-0.1, -0.05) is 44.2 Å². The molecule has 0 unspecified atom stereocenters. The Balaban J connectivity index is 2.00. The molecular weight excluding hydrogens is 532 g/mol. The van der Waals surface area contributed by atoms with Crippen LogP contribution in [0.2, 0.25) is 0 Å². The average molecular weight is 573 g/mol. The molecule has 1 aromatic rings. The second-order valence-corrected chi connectivity index (χ2v) is 10.8. The summed E-state index contributed by atoms with van der Waals surface area (Å²) >= 11 is 0. The molecule has 5 N–H and O–H groups in total. The van der Waals surface area contributed by atoms with E-state index in [4.69, 9.17) is 4.74 Å². The maximum Gasteiger partial charge on any atom is 0.322 e. The Kier molecular flexibility index (Phi) is 10.8. The number of amides is 5. The summed E-state index contributed by atoms with van der Waals surface area (Å²) in [6, 6.07) is 4.08. The number of hydrogen-bond acceptors (Lipinski definition) is 8. The highest BCUT2D eigenvalue weighted by Gasteiger charge is 2.41. The van der Waals surface area contributed by atoms with Crippen LogP contribution in [-0.4, -0.2) is 90.4 Å². The molecule has 2 saturated heterocycles. The van der Waals surface area contributed by atoms with Crippen molar-refractivity contribution < 1.29 is 33.5 Å². The first kappa shape index (κ1) is 31.5. The van der Waals surface area contributed by atoms with E-state index in [0.29, 0.717) is 12.8 Å². The van der Waals surface area contributed by atoms with Crippen LogP contribution < -0.4 is 26.6 Å². The van der Waals surface area contributed by atoms with Crippen molar-refractivity contribution in [3.63, 3.8) is 0 Å². The number of hydrogen-bond donors (Lipinski definition) is 5. The monoisotopic (exact) mass is 572 g/mol. The molecule has 2 heterocycles. The van der Waals surface area contributed by atoms with Gasteiger partial charge in [0.1, 0.15) is 30.2 Å². The first-order valence-corrected chi connectivity index (χ1v) is 13.8. The van der Waals surface area contributed by atoms with Gasteiger partial charge in [0, 0.05) is 13.0 Å². The minimum atomic E-state index is -1.40. The van der Waals surface area contributed by atoms with Gasteiger partial charge in [-0.05, 0) is 38.2 Å². The molecule has 2 fully saturated rings. The van der Waals surface area contributed by atoms with Gasteiger partial charge >= 0.3 is 5.97 Å². The zero-order chi connectivity index (χ0) is 30.3. The maximum atomic E-state index is 13.8. The molecule has 13 heteroatoms. The molecule has 0 radical (unpaired) electrons. The van der Waals surface area contributed by atoms with E-state index in [2.05, 4.69) is 26.6 Å². The van der Waals surface area contributed by atoms with Gasteiger partial charge in [-0.2, -0.15) is 0 Å². The van der Waals surface area contributed by atoms with Crippen molar-refractivity contribution >= 4 is 35.5 Å². The molecule has 0 spiro atoms. The standard InChI is InChI=1S/C28H40N6O7/c1-15(2)21-26(38)33-22(29-17(4)28(40)41-5)27(39)34-13-9-12-20(34)25(37)31-19(14-18-10-7-6-8-11-18)24(36)30-16(3)23(35)32-21/h6-8,10-11,15-17,19-22,29H,9,12-14H2,1-5H3,(H,30,36)(H,31,37)(H,32,35)(H,33,38)/t16-,17-,19+,20+,21+,22+/m1/s1. The van der Waals surface area contributed by atoms with Gasteiger partial charge in [0.25, 0.3) is 5.91 Å². The predicted molar refractivity (Wildman–Crippen MR) is 148 cm³/mol. The van der Waals surface area contributed by atoms with Crippen LogP contribution in [0.4, 0.5) is 0 Å². The van der Waals surface area contributed by atoms with Gasteiger partial charge in [-0.25, -0.2) is 0 Å². The topological polar surface area (TPSA) is 175 Å². The quantitative estimate of drug-likeness (QED) is 0.269. The van der Waals surface area contributed by atoms with Gasteiger partial charge in [0.15, 0.2) is 6.17 Å². The fourth-order valence-corrected chi connectivity index (χ4v) is 4.89. The van der Waals surface area contributed by atoms with Crippen LogP contribution in [0.3, 0.4) is 0 Å². The molecule has 6 atom stereocenters. The Morgan fingerprint density at radius 1 is 0.951 bits per heavy atom. The number of esters is 1. The van der Waals surface area contributed by atoms with Crippen LogP contribution in [0, 0.1) is 5.92 Å². The average Bonchev–Trinajstić information content (AvgIpc) is 3.44. The third kappa shape index (κ3) is 8.03. The summed E-state index contributed by atoms with van der Waals surface area (Å²) < 4.78 is 4.76. The summed E-state index contributed by atoms with van der Waals surface area (Å²) in [7, 11) is 1.20. The Bertz CT molecular complexity index is 1140. The smallest absolute Gasteiger partial charge is 0.322 e. The number of ether oxygens (including phenoxy) is 1. The van der Waals surface area contributed by atoms with Crippen molar-refractivity contribution in [2.24, 2.45) is 5.92 Å². The van der Waals surface area contributed by atoms with Crippen LogP contribution in [0.5, 0.6) is 0 Å². The van der Waals surface area contributed by atoms with E-state index in [1.54, 1.807) is 13.8 Å². The zero-order valence-electron chi connectivity index (χ0n) is 24.1. The van der Waals surface area contributed by atoms with Crippen LogP contribution in [-0.2, 0) is 39.9 Å². The Morgan fingerprint density at radius 2 is 1.63 bits per heavy atom. The molecular formula is C28H40N6O7. The van der Waals surface area contributed by atoms with Gasteiger partial charge < -0.3 is 30.9 Å². The maximum absolute atomic E-state index is 13.8. The number of carbonyl (C=O) groups excluding carboxylic acids is 6. The summed E-state index contributed by atoms with van der Waals surface area (Å²) in [5, 5.41) is 13.5. The van der Waals surface area contributed by atoms with E-state index in [1.807, 2.05) is 30.3 Å². The molecule has 2 aliphatic rings. The van der Waals surface area contributed by atoms with E-state index in [0.717, 1.165) is 5.56 Å². The van der Waals surface area contributed by atoms with E-state index < -0.39 is 71.9 Å². The molecule has 5 amide bonds. The lowest BCUT2D eigenvalue weighted by molar-refractivity contribution is -0.146. The van der Waals surface area contributed by atoms with Crippen LogP contribution in [0.15, 0.2) is 30.3 Å². The largest absolute Gasteiger partial charge is 0.468 e. The highest BCUT2D eigenvalue weighted by molar-refractivity contribution is 5.98. The number of rotatable bonds is 6.